The van der Waals surface area contributed by atoms with E-state index in [-0.39, 0.29) is 0 Å². The molecule has 0 unspecified atom stereocenters. The topological polar surface area (TPSA) is 0 Å². The van der Waals surface area contributed by atoms with Crippen molar-refractivity contribution >= 4 is 15.9 Å². The van der Waals surface area contributed by atoms with E-state index in [1.807, 2.05) is 0 Å². The SMILES string of the molecule is C=C(CBr)CCCCCCCCCCCCCCCC. The van der Waals surface area contributed by atoms with Crippen molar-refractivity contribution in [2.75, 3.05) is 5.33 Å². The third kappa shape index (κ3) is 16.3. The zero-order valence-electron chi connectivity index (χ0n) is 13.9. The first-order valence-corrected chi connectivity index (χ1v) is 10.2. The van der Waals surface area contributed by atoms with E-state index in [0.29, 0.717) is 0 Å². The van der Waals surface area contributed by atoms with Crippen molar-refractivity contribution in [3.8, 4) is 0 Å². The van der Waals surface area contributed by atoms with Crippen molar-refractivity contribution < 1.29 is 0 Å². The second kappa shape index (κ2) is 17.3. The normalized spacial score (nSPS) is 10.9. The molecular formula is C19H37Br. The Morgan fingerprint density at radius 3 is 1.35 bits per heavy atom. The summed E-state index contributed by atoms with van der Waals surface area (Å²) < 4.78 is 0. The largest absolute Gasteiger partial charge is 0.0990 e. The second-order valence-electron chi connectivity index (χ2n) is 6.23. The van der Waals surface area contributed by atoms with Crippen LogP contribution in [0.15, 0.2) is 12.2 Å². The lowest BCUT2D eigenvalue weighted by Gasteiger charge is -2.04. The zero-order chi connectivity index (χ0) is 14.9. The van der Waals surface area contributed by atoms with Crippen LogP contribution in [-0.2, 0) is 0 Å². The third-order valence-corrected chi connectivity index (χ3v) is 4.87. The lowest BCUT2D eigenvalue weighted by molar-refractivity contribution is 0.535. The average Bonchev–Trinajstić information content (AvgIpc) is 2.47. The highest BCUT2D eigenvalue weighted by Gasteiger charge is 1.95. The lowest BCUT2D eigenvalue weighted by atomic mass is 10.0. The van der Waals surface area contributed by atoms with Gasteiger partial charge in [0.05, 0.1) is 0 Å². The summed E-state index contributed by atoms with van der Waals surface area (Å²) in [6.45, 7) is 6.32. The lowest BCUT2D eigenvalue weighted by Crippen LogP contribution is -1.85. The number of halogens is 1. The smallest absolute Gasteiger partial charge is 0.0239 e. The van der Waals surface area contributed by atoms with Crippen LogP contribution in [-0.4, -0.2) is 5.33 Å². The van der Waals surface area contributed by atoms with Gasteiger partial charge < -0.3 is 0 Å². The molecule has 0 radical (unpaired) electrons. The van der Waals surface area contributed by atoms with Crippen LogP contribution in [0.4, 0.5) is 0 Å². The first kappa shape index (κ1) is 20.2. The van der Waals surface area contributed by atoms with E-state index in [4.69, 9.17) is 0 Å². The van der Waals surface area contributed by atoms with Crippen molar-refractivity contribution in [2.24, 2.45) is 0 Å². The highest BCUT2D eigenvalue weighted by molar-refractivity contribution is 9.09. The number of hydrogen-bond acceptors (Lipinski definition) is 0. The summed E-state index contributed by atoms with van der Waals surface area (Å²) in [6.07, 6.45) is 21.3. The Morgan fingerprint density at radius 2 is 1.00 bits per heavy atom. The third-order valence-electron chi connectivity index (χ3n) is 4.07. The molecule has 0 nitrogen and oxygen atoms in total. The van der Waals surface area contributed by atoms with E-state index in [1.54, 1.807) is 0 Å². The van der Waals surface area contributed by atoms with Gasteiger partial charge in [0, 0.05) is 5.33 Å². The minimum absolute atomic E-state index is 0.978. The molecule has 0 aromatic rings. The van der Waals surface area contributed by atoms with E-state index in [1.165, 1.54) is 102 Å². The van der Waals surface area contributed by atoms with E-state index in [0.717, 1.165) is 5.33 Å². The van der Waals surface area contributed by atoms with Crippen LogP contribution in [0.3, 0.4) is 0 Å². The van der Waals surface area contributed by atoms with Gasteiger partial charge in [-0.2, -0.15) is 0 Å². The summed E-state index contributed by atoms with van der Waals surface area (Å²) >= 11 is 3.46. The summed E-state index contributed by atoms with van der Waals surface area (Å²) in [5.74, 6) is 0. The van der Waals surface area contributed by atoms with Crippen molar-refractivity contribution in [3.05, 3.63) is 12.2 Å². The monoisotopic (exact) mass is 344 g/mol. The molecule has 0 amide bonds. The Bertz CT molecular complexity index is 198. The fourth-order valence-electron chi connectivity index (χ4n) is 2.64. The molecule has 0 rings (SSSR count). The Balaban J connectivity index is 2.97. The predicted octanol–water partition coefficient (Wildman–Crippen LogP) is 7.81. The molecule has 0 saturated heterocycles. The van der Waals surface area contributed by atoms with Crippen LogP contribution in [0.2, 0.25) is 0 Å². The number of allylic oxidation sites excluding steroid dienone is 1. The van der Waals surface area contributed by atoms with Gasteiger partial charge in [0.25, 0.3) is 0 Å². The van der Waals surface area contributed by atoms with Crippen LogP contribution in [0.25, 0.3) is 0 Å². The quantitative estimate of drug-likeness (QED) is 0.152. The standard InChI is InChI=1S/C19H37Br/c1-3-4-5-6-7-8-9-10-11-12-13-14-15-16-17-19(2)18-20/h2-18H2,1H3. The average molecular weight is 345 g/mol. The Labute approximate surface area is 136 Å². The molecule has 0 atom stereocenters. The zero-order valence-corrected chi connectivity index (χ0v) is 15.5. The highest BCUT2D eigenvalue weighted by atomic mass is 79.9. The number of rotatable bonds is 16. The molecular weight excluding hydrogens is 308 g/mol. The summed E-state index contributed by atoms with van der Waals surface area (Å²) in [7, 11) is 0. The number of hydrogen-bond donors (Lipinski definition) is 0. The minimum atomic E-state index is 0.978. The number of unbranched alkanes of at least 4 members (excludes halogenated alkanes) is 13. The molecule has 0 aliphatic heterocycles. The van der Waals surface area contributed by atoms with E-state index >= 15 is 0 Å². The van der Waals surface area contributed by atoms with Gasteiger partial charge in [-0.05, 0) is 12.8 Å². The fraction of sp³-hybridized carbons (Fsp3) is 0.895. The van der Waals surface area contributed by atoms with E-state index in [2.05, 4.69) is 29.4 Å². The minimum Gasteiger partial charge on any atom is -0.0990 e. The highest BCUT2D eigenvalue weighted by Crippen LogP contribution is 2.14. The molecule has 0 fully saturated rings. The van der Waals surface area contributed by atoms with Crippen molar-refractivity contribution in [2.45, 2.75) is 103 Å². The Kier molecular flexibility index (Phi) is 17.5. The van der Waals surface area contributed by atoms with Crippen LogP contribution in [0.1, 0.15) is 103 Å². The Hall–Kier alpha value is 0.220. The van der Waals surface area contributed by atoms with Crippen LogP contribution in [0, 0.1) is 0 Å². The van der Waals surface area contributed by atoms with Crippen LogP contribution in [0.5, 0.6) is 0 Å². The van der Waals surface area contributed by atoms with Crippen LogP contribution >= 0.6 is 15.9 Å². The Morgan fingerprint density at radius 1 is 0.650 bits per heavy atom. The molecule has 0 saturated carbocycles. The van der Waals surface area contributed by atoms with Gasteiger partial charge in [-0.1, -0.05) is 118 Å². The molecule has 20 heavy (non-hydrogen) atoms. The van der Waals surface area contributed by atoms with E-state index < -0.39 is 0 Å². The maximum Gasteiger partial charge on any atom is 0.0239 e. The number of alkyl halides is 1. The molecule has 0 bridgehead atoms. The van der Waals surface area contributed by atoms with E-state index in [9.17, 15) is 0 Å². The summed E-state index contributed by atoms with van der Waals surface area (Å²) in [5.41, 5.74) is 1.35. The molecule has 0 spiro atoms. The van der Waals surface area contributed by atoms with Gasteiger partial charge >= 0.3 is 0 Å². The van der Waals surface area contributed by atoms with Gasteiger partial charge in [-0.3, -0.25) is 0 Å². The van der Waals surface area contributed by atoms with Gasteiger partial charge in [0.2, 0.25) is 0 Å². The maximum atomic E-state index is 4.03. The molecule has 0 aromatic heterocycles. The van der Waals surface area contributed by atoms with Gasteiger partial charge in [-0.15, -0.1) is 0 Å². The van der Waals surface area contributed by atoms with Gasteiger partial charge in [0.1, 0.15) is 0 Å². The van der Waals surface area contributed by atoms with Crippen LogP contribution < -0.4 is 0 Å². The molecule has 0 aliphatic rings. The van der Waals surface area contributed by atoms with Crippen molar-refractivity contribution in [1.29, 1.82) is 0 Å². The van der Waals surface area contributed by atoms with Gasteiger partial charge in [0.15, 0.2) is 0 Å². The molecule has 1 heteroatoms. The second-order valence-corrected chi connectivity index (χ2v) is 6.79. The summed E-state index contributed by atoms with van der Waals surface area (Å²) in [4.78, 5) is 0. The predicted molar refractivity (Wildman–Crippen MR) is 97.9 cm³/mol. The van der Waals surface area contributed by atoms with Crippen molar-refractivity contribution in [1.82, 2.24) is 0 Å². The first-order chi connectivity index (χ1) is 9.81. The molecule has 0 N–H and O–H groups in total. The summed E-state index contributed by atoms with van der Waals surface area (Å²) in [5, 5.41) is 0.978. The molecule has 0 aromatic carbocycles. The van der Waals surface area contributed by atoms with Crippen molar-refractivity contribution in [3.63, 3.8) is 0 Å². The molecule has 0 aliphatic carbocycles. The first-order valence-electron chi connectivity index (χ1n) is 9.04. The summed E-state index contributed by atoms with van der Waals surface area (Å²) in [6, 6.07) is 0. The maximum absolute atomic E-state index is 4.03. The molecule has 120 valence electrons. The molecule has 0 heterocycles. The van der Waals surface area contributed by atoms with Gasteiger partial charge in [-0.25, -0.2) is 0 Å². The fourth-order valence-corrected chi connectivity index (χ4v) is 2.92.